The van der Waals surface area contributed by atoms with Crippen LogP contribution in [0, 0.1) is 17.2 Å². The summed E-state index contributed by atoms with van der Waals surface area (Å²) in [6.07, 6.45) is -0.335. The minimum atomic E-state index is -0.425. The number of nitriles is 1. The van der Waals surface area contributed by atoms with E-state index in [0.717, 1.165) is 5.56 Å². The number of nitrogens with zero attached hydrogens (tertiary/aromatic N) is 1. The average molecular weight is 258 g/mol. The number of amides is 1. The van der Waals surface area contributed by atoms with Gasteiger partial charge in [0.25, 0.3) is 0 Å². The normalized spacial score (nSPS) is 26.4. The maximum absolute atomic E-state index is 11.6. The molecule has 4 nitrogen and oxygen atoms in total. The van der Waals surface area contributed by atoms with Crippen molar-refractivity contribution in [2.24, 2.45) is 5.92 Å². The molecule has 1 amide bonds. The van der Waals surface area contributed by atoms with E-state index in [-0.39, 0.29) is 30.4 Å². The second-order valence-electron chi connectivity index (χ2n) is 5.16. The highest BCUT2D eigenvalue weighted by Gasteiger charge is 2.40. The summed E-state index contributed by atoms with van der Waals surface area (Å²) < 4.78 is 5.43. The molecular weight excluding hydrogens is 240 g/mol. The third-order valence-corrected chi connectivity index (χ3v) is 3.49. The monoisotopic (exact) mass is 258 g/mol. The number of nitrogens with one attached hydrogen (secondary N) is 1. The maximum atomic E-state index is 11.6. The lowest BCUT2D eigenvalue weighted by atomic mass is 9.80. The van der Waals surface area contributed by atoms with Crippen molar-refractivity contribution in [3.63, 3.8) is 0 Å². The molecule has 0 radical (unpaired) electrons. The fraction of sp³-hybridized carbons (Fsp3) is 0.467. The number of rotatable bonds is 3. The van der Waals surface area contributed by atoms with Gasteiger partial charge in [-0.3, -0.25) is 0 Å². The zero-order valence-electron chi connectivity index (χ0n) is 11.2. The van der Waals surface area contributed by atoms with Crippen molar-refractivity contribution < 1.29 is 9.53 Å². The largest absolute Gasteiger partial charge is 0.445 e. The van der Waals surface area contributed by atoms with Crippen molar-refractivity contribution >= 4 is 6.09 Å². The van der Waals surface area contributed by atoms with Crippen LogP contribution in [0.3, 0.4) is 0 Å². The average Bonchev–Trinajstić information content (AvgIpc) is 2.39. The first-order valence-corrected chi connectivity index (χ1v) is 6.52. The molecule has 1 aliphatic rings. The van der Waals surface area contributed by atoms with Crippen molar-refractivity contribution in [1.29, 1.82) is 5.26 Å². The van der Waals surface area contributed by atoms with Gasteiger partial charge in [-0.15, -0.1) is 0 Å². The molecule has 1 fully saturated rings. The second-order valence-corrected chi connectivity index (χ2v) is 5.16. The number of carbonyl (C=O) groups is 1. The van der Waals surface area contributed by atoms with Crippen LogP contribution in [0.5, 0.6) is 0 Å². The van der Waals surface area contributed by atoms with Gasteiger partial charge in [0, 0.05) is 5.92 Å². The number of ether oxygens (including phenoxy) is 1. The van der Waals surface area contributed by atoms with Gasteiger partial charge < -0.3 is 10.1 Å². The van der Waals surface area contributed by atoms with Gasteiger partial charge in [-0.05, 0) is 11.5 Å². The van der Waals surface area contributed by atoms with Crippen molar-refractivity contribution in [3.05, 3.63) is 35.9 Å². The van der Waals surface area contributed by atoms with Crippen LogP contribution < -0.4 is 5.32 Å². The number of hydrogen-bond acceptors (Lipinski definition) is 3. The highest BCUT2D eigenvalue weighted by Crippen LogP contribution is 2.34. The Kier molecular flexibility index (Phi) is 4.06. The molecule has 0 bridgehead atoms. The summed E-state index contributed by atoms with van der Waals surface area (Å²) in [5, 5.41) is 11.7. The smallest absolute Gasteiger partial charge is 0.407 e. The molecular formula is C15H18N2O2. The van der Waals surface area contributed by atoms with E-state index in [1.54, 1.807) is 0 Å². The number of benzene rings is 1. The van der Waals surface area contributed by atoms with E-state index in [9.17, 15) is 4.79 Å². The lowest BCUT2D eigenvalue weighted by Gasteiger charge is -2.39. The summed E-state index contributed by atoms with van der Waals surface area (Å²) in [5.41, 5.74) is 1.10. The molecule has 1 heterocycles. The fourth-order valence-electron chi connectivity index (χ4n) is 2.63. The molecule has 0 spiro atoms. The van der Waals surface area contributed by atoms with Crippen molar-refractivity contribution in [2.45, 2.75) is 38.3 Å². The highest BCUT2D eigenvalue weighted by molar-refractivity contribution is 5.69. The zero-order chi connectivity index (χ0) is 13.8. The summed E-state index contributed by atoms with van der Waals surface area (Å²) in [7, 11) is 0. The molecule has 1 N–H and O–H groups in total. The van der Waals surface area contributed by atoms with Gasteiger partial charge in [0.2, 0.25) is 0 Å². The molecule has 3 atom stereocenters. The molecule has 0 unspecified atom stereocenters. The van der Waals surface area contributed by atoms with Crippen LogP contribution in [0.1, 0.15) is 31.7 Å². The first-order chi connectivity index (χ1) is 9.13. The number of carbonyl (C=O) groups excluding carboxylic acids is 1. The van der Waals surface area contributed by atoms with E-state index in [2.05, 4.69) is 11.4 Å². The molecule has 1 saturated heterocycles. The van der Waals surface area contributed by atoms with Crippen LogP contribution >= 0.6 is 0 Å². The molecule has 1 aliphatic heterocycles. The van der Waals surface area contributed by atoms with Crippen LogP contribution in [-0.4, -0.2) is 18.2 Å². The van der Waals surface area contributed by atoms with Gasteiger partial charge in [0.05, 0.1) is 18.5 Å². The molecule has 1 aromatic carbocycles. The Bertz CT molecular complexity index is 479. The maximum Gasteiger partial charge on any atom is 0.407 e. The molecule has 1 aromatic rings. The highest BCUT2D eigenvalue weighted by atomic mass is 16.6. The molecule has 0 aromatic heterocycles. The van der Waals surface area contributed by atoms with E-state index in [1.165, 1.54) is 0 Å². The number of hydrogen-bond donors (Lipinski definition) is 1. The van der Waals surface area contributed by atoms with E-state index in [1.807, 2.05) is 44.2 Å². The van der Waals surface area contributed by atoms with E-state index < -0.39 is 6.09 Å². The molecule has 19 heavy (non-hydrogen) atoms. The van der Waals surface area contributed by atoms with E-state index in [0.29, 0.717) is 0 Å². The Morgan fingerprint density at radius 1 is 1.37 bits per heavy atom. The minimum absolute atomic E-state index is 0.0125. The molecule has 4 heteroatoms. The Morgan fingerprint density at radius 2 is 2.05 bits per heavy atom. The Balaban J connectivity index is 2.36. The minimum Gasteiger partial charge on any atom is -0.445 e. The summed E-state index contributed by atoms with van der Waals surface area (Å²) in [6.45, 7) is 4.06. The Morgan fingerprint density at radius 3 is 2.63 bits per heavy atom. The molecule has 2 rings (SSSR count). The van der Waals surface area contributed by atoms with Crippen LogP contribution in [0.2, 0.25) is 0 Å². The van der Waals surface area contributed by atoms with Gasteiger partial charge >= 0.3 is 6.09 Å². The number of cyclic esters (lactones) is 1. The summed E-state index contributed by atoms with van der Waals surface area (Å²) in [6, 6.07) is 11.9. The summed E-state index contributed by atoms with van der Waals surface area (Å²) >= 11 is 0. The molecule has 0 saturated carbocycles. The lowest BCUT2D eigenvalue weighted by molar-refractivity contribution is 0.0173. The molecule has 100 valence electrons. The quantitative estimate of drug-likeness (QED) is 0.906. The van der Waals surface area contributed by atoms with Gasteiger partial charge in [0.15, 0.2) is 0 Å². The van der Waals surface area contributed by atoms with Gasteiger partial charge in [-0.1, -0.05) is 44.2 Å². The van der Waals surface area contributed by atoms with Gasteiger partial charge in [-0.2, -0.15) is 5.26 Å². The van der Waals surface area contributed by atoms with Crippen molar-refractivity contribution in [2.75, 3.05) is 0 Å². The number of alkyl carbamates (subject to hydrolysis) is 1. The zero-order valence-corrected chi connectivity index (χ0v) is 11.2. The topological polar surface area (TPSA) is 62.1 Å². The van der Waals surface area contributed by atoms with Crippen LogP contribution in [0.15, 0.2) is 30.3 Å². The van der Waals surface area contributed by atoms with Gasteiger partial charge in [0.1, 0.15) is 6.10 Å². The predicted octanol–water partition coefficient (Wildman–Crippen LogP) is 2.82. The van der Waals surface area contributed by atoms with Crippen LogP contribution in [-0.2, 0) is 4.74 Å². The lowest BCUT2D eigenvalue weighted by Crippen LogP contribution is -2.52. The third kappa shape index (κ3) is 2.87. The predicted molar refractivity (Wildman–Crippen MR) is 71.4 cm³/mol. The summed E-state index contributed by atoms with van der Waals surface area (Å²) in [4.78, 5) is 11.6. The van der Waals surface area contributed by atoms with Crippen molar-refractivity contribution in [3.8, 4) is 6.07 Å². The molecule has 0 aliphatic carbocycles. The summed E-state index contributed by atoms with van der Waals surface area (Å²) in [5.74, 6) is 0.219. The Labute approximate surface area is 113 Å². The van der Waals surface area contributed by atoms with E-state index >= 15 is 0 Å². The van der Waals surface area contributed by atoms with E-state index in [4.69, 9.17) is 10.00 Å². The standard InChI is InChI=1S/C15H18N2O2/c1-10(2)14-13(11-6-4-3-5-7-11)12(8-9-16)17-15(18)19-14/h3-7,10,12-14H,8H2,1-2H3,(H,17,18)/t12-,13-,14+/m1/s1. The second kappa shape index (κ2) is 5.75. The van der Waals surface area contributed by atoms with Crippen molar-refractivity contribution in [1.82, 2.24) is 5.32 Å². The van der Waals surface area contributed by atoms with Crippen LogP contribution in [0.25, 0.3) is 0 Å². The first kappa shape index (κ1) is 13.4. The third-order valence-electron chi connectivity index (χ3n) is 3.49. The first-order valence-electron chi connectivity index (χ1n) is 6.52. The van der Waals surface area contributed by atoms with Gasteiger partial charge in [-0.25, -0.2) is 4.79 Å². The Hall–Kier alpha value is -2.02. The SMILES string of the molecule is CC(C)[C@@H]1OC(=O)N[C@H](CC#N)[C@H]1c1ccccc1. The van der Waals surface area contributed by atoms with Crippen LogP contribution in [0.4, 0.5) is 4.79 Å². The fourth-order valence-corrected chi connectivity index (χ4v) is 2.63.